The third kappa shape index (κ3) is 3.25. The zero-order valence-electron chi connectivity index (χ0n) is 11.2. The van der Waals surface area contributed by atoms with Crippen molar-refractivity contribution < 1.29 is 13.5 Å². The second-order valence-corrected chi connectivity index (χ2v) is 5.96. The Hall–Kier alpha value is -2.28. The lowest BCUT2D eigenvalue weighted by atomic mass is 10.2. The number of nitro groups is 1. The quantitative estimate of drug-likeness (QED) is 0.534. The van der Waals surface area contributed by atoms with E-state index >= 15 is 0 Å². The summed E-state index contributed by atoms with van der Waals surface area (Å²) in [7, 11) is -1.57. The molecule has 0 radical (unpaired) electrons. The minimum atomic E-state index is -1.57. The van der Waals surface area contributed by atoms with Gasteiger partial charge < -0.3 is 5.73 Å². The second-order valence-electron chi connectivity index (χ2n) is 4.54. The minimum absolute atomic E-state index is 0.0301. The smallest absolute Gasteiger partial charge is 0.305 e. The van der Waals surface area contributed by atoms with Gasteiger partial charge in [0.25, 0.3) is 0 Å². The van der Waals surface area contributed by atoms with E-state index in [4.69, 9.17) is 5.73 Å². The molecule has 2 rings (SSSR count). The number of nitrogens with two attached hydrogens (primary N) is 1. The summed E-state index contributed by atoms with van der Waals surface area (Å²) in [5, 5.41) is 10.7. The fourth-order valence-electron chi connectivity index (χ4n) is 1.91. The summed E-state index contributed by atoms with van der Waals surface area (Å²) in [5.41, 5.74) is 6.49. The molecule has 0 saturated carbocycles. The van der Waals surface area contributed by atoms with Crippen molar-refractivity contribution in [1.29, 1.82) is 0 Å². The molecule has 7 heteroatoms. The predicted molar refractivity (Wildman–Crippen MR) is 78.8 cm³/mol. The number of nitro benzene ring substituents is 1. The van der Waals surface area contributed by atoms with Gasteiger partial charge in [0.15, 0.2) is 0 Å². The largest absolute Gasteiger partial charge is 0.398 e. The van der Waals surface area contributed by atoms with Crippen molar-refractivity contribution in [2.45, 2.75) is 17.6 Å². The zero-order chi connectivity index (χ0) is 15.6. The Morgan fingerprint density at radius 3 is 2.67 bits per heavy atom. The fourth-order valence-corrected chi connectivity index (χ4v) is 3.12. The molecule has 0 aliphatic carbocycles. The van der Waals surface area contributed by atoms with E-state index in [0.717, 1.165) is 11.6 Å². The number of rotatable bonds is 4. The predicted octanol–water partition coefficient (Wildman–Crippen LogP) is 2.93. The lowest BCUT2D eigenvalue weighted by Gasteiger charge is -2.07. The first-order chi connectivity index (χ1) is 9.90. The van der Waals surface area contributed by atoms with Crippen LogP contribution in [0.3, 0.4) is 0 Å². The Morgan fingerprint density at radius 2 is 2.05 bits per heavy atom. The van der Waals surface area contributed by atoms with Gasteiger partial charge in [-0.05, 0) is 24.6 Å². The molecule has 0 spiro atoms. The monoisotopic (exact) mass is 308 g/mol. The average Bonchev–Trinajstić information content (AvgIpc) is 2.40. The van der Waals surface area contributed by atoms with Crippen LogP contribution in [-0.2, 0) is 16.6 Å². The molecule has 1 atom stereocenters. The van der Waals surface area contributed by atoms with Crippen molar-refractivity contribution in [2.75, 3.05) is 5.73 Å². The van der Waals surface area contributed by atoms with Crippen molar-refractivity contribution >= 4 is 22.2 Å². The number of hydrogen-bond donors (Lipinski definition) is 1. The van der Waals surface area contributed by atoms with Crippen LogP contribution in [0.5, 0.6) is 0 Å². The normalized spacial score (nSPS) is 12.1. The topological polar surface area (TPSA) is 86.2 Å². The van der Waals surface area contributed by atoms with Gasteiger partial charge in [0.1, 0.15) is 0 Å². The Morgan fingerprint density at radius 1 is 1.33 bits per heavy atom. The van der Waals surface area contributed by atoms with E-state index in [2.05, 4.69) is 0 Å². The average molecular weight is 308 g/mol. The third-order valence-corrected chi connectivity index (χ3v) is 4.39. The van der Waals surface area contributed by atoms with Gasteiger partial charge in [-0.3, -0.25) is 14.3 Å². The lowest BCUT2D eigenvalue weighted by Crippen LogP contribution is -2.04. The molecule has 110 valence electrons. The molecular weight excluding hydrogens is 295 g/mol. The highest BCUT2D eigenvalue weighted by Crippen LogP contribution is 2.25. The first kappa shape index (κ1) is 15.1. The van der Waals surface area contributed by atoms with Crippen LogP contribution in [-0.4, -0.2) is 9.13 Å². The van der Waals surface area contributed by atoms with Gasteiger partial charge in [-0.25, -0.2) is 0 Å². The molecule has 0 amide bonds. The highest BCUT2D eigenvalue weighted by Gasteiger charge is 2.19. The molecule has 0 bridgehead atoms. The van der Waals surface area contributed by atoms with Crippen molar-refractivity contribution in [3.63, 3.8) is 0 Å². The first-order valence-corrected chi connectivity index (χ1v) is 7.38. The van der Waals surface area contributed by atoms with Gasteiger partial charge in [-0.15, -0.1) is 0 Å². The fraction of sp³-hybridized carbons (Fsp3) is 0.143. The van der Waals surface area contributed by atoms with Crippen molar-refractivity contribution in [3.8, 4) is 0 Å². The van der Waals surface area contributed by atoms with Gasteiger partial charge in [-0.2, -0.15) is 4.39 Å². The van der Waals surface area contributed by atoms with Gasteiger partial charge in [0.05, 0.1) is 26.4 Å². The van der Waals surface area contributed by atoms with E-state index in [1.54, 1.807) is 18.2 Å². The number of benzene rings is 2. The molecule has 2 aromatic rings. The molecule has 0 fully saturated rings. The molecule has 2 N–H and O–H groups in total. The summed E-state index contributed by atoms with van der Waals surface area (Å²) in [4.78, 5) is 10.3. The second kappa shape index (κ2) is 6.01. The number of nitrogen functional groups attached to an aromatic ring is 1. The molecule has 0 heterocycles. The maximum absolute atomic E-state index is 14.0. The van der Waals surface area contributed by atoms with Gasteiger partial charge in [0, 0.05) is 17.3 Å². The van der Waals surface area contributed by atoms with Crippen molar-refractivity contribution in [1.82, 2.24) is 0 Å². The highest BCUT2D eigenvalue weighted by atomic mass is 32.2. The van der Waals surface area contributed by atoms with Gasteiger partial charge in [0.2, 0.25) is 5.82 Å². The first-order valence-electron chi connectivity index (χ1n) is 6.06. The van der Waals surface area contributed by atoms with E-state index in [1.807, 2.05) is 6.92 Å². The van der Waals surface area contributed by atoms with Crippen LogP contribution in [0.25, 0.3) is 0 Å². The molecule has 21 heavy (non-hydrogen) atoms. The number of hydrogen-bond acceptors (Lipinski definition) is 4. The molecule has 1 unspecified atom stereocenters. The third-order valence-electron chi connectivity index (χ3n) is 2.95. The Kier molecular flexibility index (Phi) is 4.32. The van der Waals surface area contributed by atoms with Crippen LogP contribution >= 0.6 is 0 Å². The molecule has 0 aromatic heterocycles. The molecule has 0 saturated heterocycles. The summed E-state index contributed by atoms with van der Waals surface area (Å²) in [6.07, 6.45) is 0. The van der Waals surface area contributed by atoms with Crippen LogP contribution in [0.1, 0.15) is 11.1 Å². The van der Waals surface area contributed by atoms with Crippen LogP contribution in [0.4, 0.5) is 15.8 Å². The van der Waals surface area contributed by atoms with Gasteiger partial charge in [-0.1, -0.05) is 18.2 Å². The Labute approximate surface area is 123 Å². The Bertz CT molecular complexity index is 734. The van der Waals surface area contributed by atoms with Crippen molar-refractivity contribution in [3.05, 3.63) is 63.5 Å². The van der Waals surface area contributed by atoms with E-state index in [0.29, 0.717) is 10.6 Å². The maximum atomic E-state index is 14.0. The number of nitrogens with zero attached hydrogens (tertiary/aromatic N) is 1. The Balaban J connectivity index is 2.32. The van der Waals surface area contributed by atoms with E-state index < -0.39 is 27.2 Å². The van der Waals surface area contributed by atoms with Crippen LogP contribution in [0, 0.1) is 22.9 Å². The standard InChI is InChI=1S/C14H13FN2O3S/c1-9-5-6-13(11(16)7-9)21(20)8-10-3-2-4-12(14(10)15)17(18)19/h2-7H,8,16H2,1H3. The summed E-state index contributed by atoms with van der Waals surface area (Å²) < 4.78 is 26.2. The summed E-state index contributed by atoms with van der Waals surface area (Å²) in [6.45, 7) is 1.85. The number of aryl methyl sites for hydroxylation is 1. The van der Waals surface area contributed by atoms with E-state index in [1.165, 1.54) is 12.1 Å². The summed E-state index contributed by atoms with van der Waals surface area (Å²) in [5.74, 6) is -1.12. The van der Waals surface area contributed by atoms with E-state index in [-0.39, 0.29) is 11.3 Å². The number of anilines is 1. The maximum Gasteiger partial charge on any atom is 0.305 e. The zero-order valence-corrected chi connectivity index (χ0v) is 12.0. The molecule has 2 aromatic carbocycles. The van der Waals surface area contributed by atoms with Crippen LogP contribution in [0.15, 0.2) is 41.3 Å². The number of halogens is 1. The van der Waals surface area contributed by atoms with E-state index in [9.17, 15) is 18.7 Å². The highest BCUT2D eigenvalue weighted by molar-refractivity contribution is 7.84. The summed E-state index contributed by atoms with van der Waals surface area (Å²) in [6, 6.07) is 8.87. The SMILES string of the molecule is Cc1ccc(S(=O)Cc2cccc([N+](=O)[O-])c2F)c(N)c1. The molecular formula is C14H13FN2O3S. The molecule has 0 aliphatic rings. The van der Waals surface area contributed by atoms with Crippen molar-refractivity contribution in [2.24, 2.45) is 0 Å². The molecule has 0 aliphatic heterocycles. The molecule has 5 nitrogen and oxygen atoms in total. The van der Waals surface area contributed by atoms with Crippen LogP contribution < -0.4 is 5.73 Å². The summed E-state index contributed by atoms with van der Waals surface area (Å²) >= 11 is 0. The minimum Gasteiger partial charge on any atom is -0.398 e. The van der Waals surface area contributed by atoms with Crippen LogP contribution in [0.2, 0.25) is 0 Å². The lowest BCUT2D eigenvalue weighted by molar-refractivity contribution is -0.387. The van der Waals surface area contributed by atoms with Gasteiger partial charge >= 0.3 is 5.69 Å².